The first kappa shape index (κ1) is 16.7. The fraction of sp³-hybridized carbons (Fsp3) is 0.556. The van der Waals surface area contributed by atoms with Crippen LogP contribution in [0.25, 0.3) is 0 Å². The number of carboxylic acids is 1. The van der Waals surface area contributed by atoms with Gasteiger partial charge in [-0.05, 0) is 62.8 Å². The maximum atomic E-state index is 13.0. The molecule has 0 radical (unpaired) electrons. The molecule has 1 atom stereocenters. The highest BCUT2D eigenvalue weighted by molar-refractivity contribution is 5.85. The number of halogens is 1. The highest BCUT2D eigenvalue weighted by Gasteiger charge is 2.59. The van der Waals surface area contributed by atoms with Gasteiger partial charge in [-0.3, -0.25) is 9.59 Å². The van der Waals surface area contributed by atoms with Crippen molar-refractivity contribution in [1.29, 1.82) is 0 Å². The van der Waals surface area contributed by atoms with E-state index < -0.39 is 11.6 Å². The van der Waals surface area contributed by atoms with Crippen LogP contribution in [0.4, 0.5) is 4.39 Å². The molecule has 0 bridgehead atoms. The lowest BCUT2D eigenvalue weighted by atomic mass is 9.90. The summed E-state index contributed by atoms with van der Waals surface area (Å²) >= 11 is 0. The summed E-state index contributed by atoms with van der Waals surface area (Å²) in [6, 6.07) is 5.58. The fourth-order valence-corrected chi connectivity index (χ4v) is 3.63. The first-order chi connectivity index (χ1) is 11.2. The molecular weight excluding hydrogens is 313 g/mol. The van der Waals surface area contributed by atoms with Crippen LogP contribution in [0.2, 0.25) is 0 Å². The number of amides is 1. The zero-order valence-corrected chi connectivity index (χ0v) is 13.9. The van der Waals surface area contributed by atoms with Gasteiger partial charge in [0, 0.05) is 13.1 Å². The van der Waals surface area contributed by atoms with Crippen molar-refractivity contribution < 1.29 is 23.8 Å². The standard InChI is InChI=1S/C18H22FNO4/c1-17(2,24-13-5-3-12(19)4-6-13)16(23)20-9-7-18(8-10-20)11-14(18)15(21)22/h3-6,14H,7-11H2,1-2H3,(H,21,22). The summed E-state index contributed by atoms with van der Waals surface area (Å²) in [6.07, 6.45) is 2.17. The van der Waals surface area contributed by atoms with Gasteiger partial charge in [-0.1, -0.05) is 0 Å². The van der Waals surface area contributed by atoms with Crippen molar-refractivity contribution in [2.45, 2.75) is 38.7 Å². The van der Waals surface area contributed by atoms with E-state index in [1.54, 1.807) is 18.7 Å². The summed E-state index contributed by atoms with van der Waals surface area (Å²) < 4.78 is 18.7. The van der Waals surface area contributed by atoms with Crippen molar-refractivity contribution in [3.8, 4) is 5.75 Å². The quantitative estimate of drug-likeness (QED) is 0.919. The third-order valence-electron chi connectivity index (χ3n) is 5.24. The van der Waals surface area contributed by atoms with E-state index in [1.165, 1.54) is 24.3 Å². The Balaban J connectivity index is 1.60. The molecule has 6 heteroatoms. The normalized spacial score (nSPS) is 22.3. The average Bonchev–Trinajstić information content (AvgIpc) is 3.23. The summed E-state index contributed by atoms with van der Waals surface area (Å²) in [6.45, 7) is 4.50. The minimum Gasteiger partial charge on any atom is -0.481 e. The SMILES string of the molecule is CC(C)(Oc1ccc(F)cc1)C(=O)N1CCC2(CC1)CC2C(=O)O. The van der Waals surface area contributed by atoms with Crippen LogP contribution < -0.4 is 4.74 Å². The highest BCUT2D eigenvalue weighted by Crippen LogP contribution is 2.59. The van der Waals surface area contributed by atoms with Crippen molar-refractivity contribution in [1.82, 2.24) is 4.90 Å². The maximum absolute atomic E-state index is 13.0. The van der Waals surface area contributed by atoms with Gasteiger partial charge in [0.1, 0.15) is 11.6 Å². The number of hydrogen-bond donors (Lipinski definition) is 1. The Morgan fingerprint density at radius 3 is 2.33 bits per heavy atom. The van der Waals surface area contributed by atoms with Gasteiger partial charge in [-0.2, -0.15) is 0 Å². The minimum absolute atomic E-state index is 0.107. The van der Waals surface area contributed by atoms with Crippen LogP contribution >= 0.6 is 0 Å². The lowest BCUT2D eigenvalue weighted by Gasteiger charge is -2.37. The number of carbonyl (C=O) groups excluding carboxylic acids is 1. The molecule has 1 N–H and O–H groups in total. The van der Waals surface area contributed by atoms with Crippen LogP contribution in [0.5, 0.6) is 5.75 Å². The molecular formula is C18H22FNO4. The second kappa shape index (κ2) is 5.76. The van der Waals surface area contributed by atoms with Crippen LogP contribution in [0.3, 0.4) is 0 Å². The van der Waals surface area contributed by atoms with E-state index in [0.29, 0.717) is 18.8 Å². The Labute approximate surface area is 140 Å². The Morgan fingerprint density at radius 2 is 1.83 bits per heavy atom. The van der Waals surface area contributed by atoms with Crippen molar-refractivity contribution in [3.63, 3.8) is 0 Å². The second-order valence-corrected chi connectivity index (χ2v) is 7.32. The van der Waals surface area contributed by atoms with Crippen LogP contribution in [0, 0.1) is 17.2 Å². The summed E-state index contributed by atoms with van der Waals surface area (Å²) in [7, 11) is 0. The third-order valence-corrected chi connectivity index (χ3v) is 5.24. The molecule has 0 aromatic heterocycles. The number of ether oxygens (including phenoxy) is 1. The molecule has 1 unspecified atom stereocenters. The molecule has 1 aliphatic carbocycles. The number of piperidine rings is 1. The van der Waals surface area contributed by atoms with Crippen LogP contribution in [0.1, 0.15) is 33.1 Å². The van der Waals surface area contributed by atoms with Gasteiger partial charge >= 0.3 is 5.97 Å². The molecule has 2 aliphatic rings. The molecule has 5 nitrogen and oxygen atoms in total. The molecule has 1 amide bonds. The van der Waals surface area contributed by atoms with E-state index in [-0.39, 0.29) is 23.1 Å². The van der Waals surface area contributed by atoms with Crippen molar-refractivity contribution in [3.05, 3.63) is 30.1 Å². The van der Waals surface area contributed by atoms with E-state index in [4.69, 9.17) is 9.84 Å². The monoisotopic (exact) mass is 335 g/mol. The Hall–Kier alpha value is -2.11. The largest absolute Gasteiger partial charge is 0.481 e. The summed E-state index contributed by atoms with van der Waals surface area (Å²) in [5, 5.41) is 9.13. The third kappa shape index (κ3) is 3.09. The van der Waals surface area contributed by atoms with Crippen LogP contribution in [0.15, 0.2) is 24.3 Å². The van der Waals surface area contributed by atoms with Gasteiger partial charge in [0.2, 0.25) is 0 Å². The Bertz CT molecular complexity index is 647. The molecule has 1 aliphatic heterocycles. The van der Waals surface area contributed by atoms with Gasteiger partial charge in [-0.15, -0.1) is 0 Å². The predicted octanol–water partition coefficient (Wildman–Crippen LogP) is 2.70. The lowest BCUT2D eigenvalue weighted by Crippen LogP contribution is -2.51. The molecule has 2 fully saturated rings. The first-order valence-electron chi connectivity index (χ1n) is 8.20. The number of likely N-dealkylation sites (tertiary alicyclic amines) is 1. The number of benzene rings is 1. The fourth-order valence-electron chi connectivity index (χ4n) is 3.63. The highest BCUT2D eigenvalue weighted by atomic mass is 19.1. The predicted molar refractivity (Wildman–Crippen MR) is 85.1 cm³/mol. The van der Waals surface area contributed by atoms with Crippen LogP contribution in [-0.4, -0.2) is 40.6 Å². The number of hydrogen-bond acceptors (Lipinski definition) is 3. The number of carboxylic acid groups (broad SMARTS) is 1. The minimum atomic E-state index is -1.06. The zero-order valence-electron chi connectivity index (χ0n) is 13.9. The van der Waals surface area contributed by atoms with Gasteiger partial charge in [-0.25, -0.2) is 4.39 Å². The van der Waals surface area contributed by atoms with Crippen LogP contribution in [-0.2, 0) is 9.59 Å². The first-order valence-corrected chi connectivity index (χ1v) is 8.20. The molecule has 3 rings (SSSR count). The number of carbonyl (C=O) groups is 2. The van der Waals surface area contributed by atoms with E-state index in [0.717, 1.165) is 19.3 Å². The molecule has 1 aromatic rings. The summed E-state index contributed by atoms with van der Waals surface area (Å²) in [5.74, 6) is -1.02. The van der Waals surface area contributed by atoms with E-state index in [1.807, 2.05) is 0 Å². The second-order valence-electron chi connectivity index (χ2n) is 7.32. The molecule has 1 saturated heterocycles. The van der Waals surface area contributed by atoms with Gasteiger partial charge in [0.25, 0.3) is 5.91 Å². The lowest BCUT2D eigenvalue weighted by molar-refractivity contribution is -0.147. The molecule has 1 saturated carbocycles. The van der Waals surface area contributed by atoms with Gasteiger partial charge in [0.15, 0.2) is 5.60 Å². The van der Waals surface area contributed by atoms with E-state index in [9.17, 15) is 14.0 Å². The van der Waals surface area contributed by atoms with Gasteiger partial charge < -0.3 is 14.7 Å². The van der Waals surface area contributed by atoms with Crippen molar-refractivity contribution in [2.75, 3.05) is 13.1 Å². The molecule has 1 spiro atoms. The summed E-state index contributed by atoms with van der Waals surface area (Å²) in [5.41, 5.74) is -1.16. The smallest absolute Gasteiger partial charge is 0.307 e. The van der Waals surface area contributed by atoms with Crippen molar-refractivity contribution in [2.24, 2.45) is 11.3 Å². The zero-order chi connectivity index (χ0) is 17.5. The molecule has 24 heavy (non-hydrogen) atoms. The number of rotatable bonds is 4. The number of nitrogens with zero attached hydrogens (tertiary/aromatic N) is 1. The Morgan fingerprint density at radius 1 is 1.25 bits per heavy atom. The number of aliphatic carboxylic acids is 1. The van der Waals surface area contributed by atoms with Crippen molar-refractivity contribution >= 4 is 11.9 Å². The molecule has 1 aromatic carbocycles. The Kier molecular flexibility index (Phi) is 4.01. The maximum Gasteiger partial charge on any atom is 0.307 e. The van der Waals surface area contributed by atoms with E-state index >= 15 is 0 Å². The van der Waals surface area contributed by atoms with Gasteiger partial charge in [0.05, 0.1) is 5.92 Å². The molecule has 1 heterocycles. The van der Waals surface area contributed by atoms with E-state index in [2.05, 4.69) is 0 Å². The topological polar surface area (TPSA) is 66.8 Å². The average molecular weight is 335 g/mol. The molecule has 130 valence electrons. The summed E-state index contributed by atoms with van der Waals surface area (Å²) in [4.78, 5) is 25.6.